The van der Waals surface area contributed by atoms with Crippen molar-refractivity contribution in [1.82, 2.24) is 9.40 Å². The van der Waals surface area contributed by atoms with Crippen molar-refractivity contribution in [2.24, 2.45) is 0 Å². The Labute approximate surface area is 103 Å². The average Bonchev–Trinajstić information content (AvgIpc) is 2.88. The Morgan fingerprint density at radius 2 is 1.78 bits per heavy atom. The molecule has 0 amide bonds. The second kappa shape index (κ2) is 4.39. The van der Waals surface area contributed by atoms with Crippen LogP contribution in [0.2, 0.25) is 0 Å². The Morgan fingerprint density at radius 1 is 1.17 bits per heavy atom. The summed E-state index contributed by atoms with van der Waals surface area (Å²) in [5.41, 5.74) is 1.26. The largest absolute Gasteiger partial charge is 0.340 e. The van der Waals surface area contributed by atoms with Crippen LogP contribution >= 0.6 is 0 Å². The maximum absolute atomic E-state index is 11.9. The normalized spacial score (nSPS) is 11.8. The van der Waals surface area contributed by atoms with Gasteiger partial charge in [-0.25, -0.2) is 13.1 Å². The summed E-state index contributed by atoms with van der Waals surface area (Å²) in [5, 5.41) is 0. The zero-order chi connectivity index (χ0) is 13.3. The molecule has 1 aromatic carbocycles. The van der Waals surface area contributed by atoms with Crippen molar-refractivity contribution in [2.75, 3.05) is 12.0 Å². The molecule has 0 aliphatic heterocycles. The lowest BCUT2D eigenvalue weighted by molar-refractivity contribution is 0.584. The van der Waals surface area contributed by atoms with Crippen molar-refractivity contribution < 1.29 is 8.42 Å². The summed E-state index contributed by atoms with van der Waals surface area (Å²) in [5.74, 6) is 0. The third kappa shape index (κ3) is 2.20. The van der Waals surface area contributed by atoms with Crippen molar-refractivity contribution in [3.63, 3.8) is 0 Å². The second-order valence-corrected chi connectivity index (χ2v) is 5.29. The zero-order valence-corrected chi connectivity index (χ0v) is 10.3. The third-order valence-corrected chi connectivity index (χ3v) is 3.89. The van der Waals surface area contributed by atoms with E-state index in [0.717, 1.165) is 4.68 Å². The van der Waals surface area contributed by atoms with Gasteiger partial charge in [0, 0.05) is 6.54 Å². The second-order valence-electron chi connectivity index (χ2n) is 3.56. The molecule has 0 fully saturated rings. The maximum Gasteiger partial charge on any atom is 0.340 e. The van der Waals surface area contributed by atoms with E-state index in [4.69, 9.17) is 0 Å². The van der Waals surface area contributed by atoms with Gasteiger partial charge in [-0.1, -0.05) is 19.1 Å². The zero-order valence-electron chi connectivity index (χ0n) is 9.50. The Morgan fingerprint density at radius 3 is 2.33 bits per heavy atom. The minimum absolute atomic E-state index is 0.0145. The van der Waals surface area contributed by atoms with Gasteiger partial charge in [0.05, 0.1) is 5.69 Å². The molecule has 0 bridgehead atoms. The van der Waals surface area contributed by atoms with Gasteiger partial charge in [-0.3, -0.25) is 15.0 Å². The summed E-state index contributed by atoms with van der Waals surface area (Å²) in [7, 11) is -3.66. The summed E-state index contributed by atoms with van der Waals surface area (Å²) in [6.07, 6.45) is 0. The summed E-state index contributed by atoms with van der Waals surface area (Å²) in [6.45, 7) is 1.91. The van der Waals surface area contributed by atoms with E-state index in [2.05, 4.69) is 10.1 Å². The highest BCUT2D eigenvalue weighted by Crippen LogP contribution is 2.20. The van der Waals surface area contributed by atoms with E-state index in [9.17, 15) is 18.0 Å². The fraction of sp³-hybridized carbons (Fsp3) is 0.200. The predicted octanol–water partition coefficient (Wildman–Crippen LogP) is -0.743. The molecule has 2 aromatic rings. The number of hydrogen-bond donors (Lipinski definition) is 2. The lowest BCUT2D eigenvalue weighted by Gasteiger charge is -2.10. The summed E-state index contributed by atoms with van der Waals surface area (Å²) in [6, 6.07) is 6.02. The number of rotatable bonds is 5. The van der Waals surface area contributed by atoms with Gasteiger partial charge < -0.3 is 0 Å². The minimum Gasteiger partial charge on any atom is -0.287 e. The van der Waals surface area contributed by atoms with E-state index in [1.54, 1.807) is 19.1 Å². The Bertz CT molecular complexity index is 715. The Kier molecular flexibility index (Phi) is 3.05. The quantitative estimate of drug-likeness (QED) is 0.697. The number of aromatic nitrogens is 1. The van der Waals surface area contributed by atoms with Gasteiger partial charge in [0.15, 0.2) is 0 Å². The topological polar surface area (TPSA) is 97.3 Å². The smallest absolute Gasteiger partial charge is 0.287 e. The molecule has 96 valence electrons. The number of nitrogens with one attached hydrogen (secondary N) is 2. The van der Waals surface area contributed by atoms with E-state index in [1.165, 1.54) is 12.1 Å². The predicted molar refractivity (Wildman–Crippen MR) is 65.7 cm³/mol. The highest BCUT2D eigenvalue weighted by molar-refractivity contribution is 7.89. The van der Waals surface area contributed by atoms with Gasteiger partial charge >= 0.3 is 11.1 Å². The molecular formula is C10H11N3O4S. The van der Waals surface area contributed by atoms with Crippen molar-refractivity contribution in [3.8, 4) is 0 Å². The van der Waals surface area contributed by atoms with Crippen LogP contribution in [-0.2, 0) is 10.0 Å². The van der Waals surface area contributed by atoms with Crippen molar-refractivity contribution >= 4 is 15.7 Å². The van der Waals surface area contributed by atoms with Crippen LogP contribution in [0.1, 0.15) is 6.92 Å². The molecule has 18 heavy (non-hydrogen) atoms. The number of anilines is 1. The van der Waals surface area contributed by atoms with Crippen LogP contribution < -0.4 is 21.3 Å². The van der Waals surface area contributed by atoms with Crippen LogP contribution in [0.5, 0.6) is 0 Å². The van der Waals surface area contributed by atoms with Crippen molar-refractivity contribution in [1.29, 1.82) is 0 Å². The van der Waals surface area contributed by atoms with Crippen LogP contribution in [0, 0.1) is 0 Å². The molecule has 2 N–H and O–H groups in total. The van der Waals surface area contributed by atoms with Gasteiger partial charge in [0.2, 0.25) is 10.0 Å². The molecule has 0 saturated heterocycles. The van der Waals surface area contributed by atoms with Crippen LogP contribution in [0.25, 0.3) is 0 Å². The lowest BCUT2D eigenvalue weighted by atomic mass is 10.3. The Balaban J connectivity index is 2.41. The van der Waals surface area contributed by atoms with E-state index in [0.29, 0.717) is 0 Å². The van der Waals surface area contributed by atoms with Gasteiger partial charge in [-0.15, -0.1) is 0 Å². The molecule has 1 aromatic heterocycles. The SMILES string of the molecule is CCNS(=O)(=O)c1ccccc1Nn1c(=O)c1=O. The first-order chi connectivity index (χ1) is 8.47. The molecule has 0 spiro atoms. The van der Waals surface area contributed by atoms with E-state index in [-0.39, 0.29) is 17.1 Å². The molecule has 8 heteroatoms. The van der Waals surface area contributed by atoms with E-state index >= 15 is 0 Å². The van der Waals surface area contributed by atoms with E-state index < -0.39 is 21.1 Å². The molecule has 7 nitrogen and oxygen atoms in total. The van der Waals surface area contributed by atoms with Crippen LogP contribution in [-0.4, -0.2) is 19.6 Å². The molecule has 1 heterocycles. The molecule has 0 aliphatic rings. The van der Waals surface area contributed by atoms with Gasteiger partial charge in [-0.05, 0) is 12.1 Å². The molecule has 0 aliphatic carbocycles. The molecule has 0 radical (unpaired) electrons. The van der Waals surface area contributed by atoms with E-state index in [1.807, 2.05) is 0 Å². The molecule has 0 atom stereocenters. The summed E-state index contributed by atoms with van der Waals surface area (Å²) < 4.78 is 26.8. The van der Waals surface area contributed by atoms with Crippen LogP contribution in [0.3, 0.4) is 0 Å². The fourth-order valence-electron chi connectivity index (χ4n) is 1.42. The van der Waals surface area contributed by atoms with Crippen molar-refractivity contribution in [2.45, 2.75) is 11.8 Å². The van der Waals surface area contributed by atoms with Gasteiger partial charge in [-0.2, -0.15) is 4.68 Å². The summed E-state index contributed by atoms with van der Waals surface area (Å²) >= 11 is 0. The highest BCUT2D eigenvalue weighted by atomic mass is 32.2. The third-order valence-electron chi connectivity index (χ3n) is 2.28. The molecule has 0 unspecified atom stereocenters. The minimum atomic E-state index is -3.66. The average molecular weight is 269 g/mol. The first-order valence-corrected chi connectivity index (χ1v) is 6.69. The lowest BCUT2D eigenvalue weighted by Crippen LogP contribution is -2.24. The molecular weight excluding hydrogens is 258 g/mol. The first-order valence-electron chi connectivity index (χ1n) is 5.21. The molecule has 2 rings (SSSR count). The number of para-hydroxylation sites is 1. The number of sulfonamides is 1. The number of hydrogen-bond acceptors (Lipinski definition) is 5. The number of nitrogens with zero attached hydrogens (tertiary/aromatic N) is 1. The standard InChI is InChI=1S/C10H11N3O4S/c1-2-11-18(16,17)8-6-4-3-5-7(8)12-13-9(14)10(13)15/h3-6,11-12H,2H2,1H3. The maximum atomic E-state index is 11.9. The number of benzene rings is 1. The monoisotopic (exact) mass is 269 g/mol. The van der Waals surface area contributed by atoms with Gasteiger partial charge in [0.1, 0.15) is 4.90 Å². The van der Waals surface area contributed by atoms with Crippen LogP contribution in [0.4, 0.5) is 5.69 Å². The van der Waals surface area contributed by atoms with Crippen LogP contribution in [0.15, 0.2) is 38.8 Å². The Hall–Kier alpha value is -1.93. The molecule has 0 saturated carbocycles. The van der Waals surface area contributed by atoms with Crippen molar-refractivity contribution in [3.05, 3.63) is 45.0 Å². The fourth-order valence-corrected chi connectivity index (χ4v) is 2.61. The highest BCUT2D eigenvalue weighted by Gasteiger charge is 2.21. The first kappa shape index (κ1) is 12.5. The summed E-state index contributed by atoms with van der Waals surface area (Å²) in [4.78, 5) is 21.7. The van der Waals surface area contributed by atoms with Gasteiger partial charge in [0.25, 0.3) is 0 Å².